The zero-order valence-corrected chi connectivity index (χ0v) is 17.5. The van der Waals surface area contributed by atoms with Gasteiger partial charge < -0.3 is 15.0 Å². The molecule has 1 N–H and O–H groups in total. The molecule has 0 bridgehead atoms. The van der Waals surface area contributed by atoms with Gasteiger partial charge in [-0.3, -0.25) is 14.4 Å². The Hall–Kier alpha value is -3.15. The Labute approximate surface area is 182 Å². The fraction of sp³-hybridized carbons (Fsp3) is 0.400. The molecule has 1 aliphatic carbocycles. The Kier molecular flexibility index (Phi) is 6.65. The second-order valence-electron chi connectivity index (χ2n) is 8.32. The number of benzene rings is 2. The highest BCUT2D eigenvalue weighted by molar-refractivity contribution is 5.88. The van der Waals surface area contributed by atoms with Crippen molar-refractivity contribution in [3.05, 3.63) is 71.8 Å². The molecule has 2 aliphatic rings. The molecule has 0 aromatic heterocycles. The van der Waals surface area contributed by atoms with E-state index in [1.54, 1.807) is 0 Å². The van der Waals surface area contributed by atoms with Crippen molar-refractivity contribution in [2.45, 2.75) is 44.2 Å². The Morgan fingerprint density at radius 3 is 2.13 bits per heavy atom. The summed E-state index contributed by atoms with van der Waals surface area (Å²) >= 11 is 0. The average molecular weight is 421 g/mol. The van der Waals surface area contributed by atoms with E-state index in [0.29, 0.717) is 6.54 Å². The van der Waals surface area contributed by atoms with Gasteiger partial charge in [0.05, 0.1) is 12.0 Å². The first-order valence-corrected chi connectivity index (χ1v) is 11.0. The van der Waals surface area contributed by atoms with Crippen LogP contribution in [0.4, 0.5) is 0 Å². The van der Waals surface area contributed by atoms with Gasteiger partial charge in [0.2, 0.25) is 5.91 Å². The highest BCUT2D eigenvalue weighted by Crippen LogP contribution is 2.30. The lowest BCUT2D eigenvalue weighted by Gasteiger charge is -2.23. The molecule has 31 heavy (non-hydrogen) atoms. The van der Waals surface area contributed by atoms with Gasteiger partial charge in [-0.25, -0.2) is 0 Å². The molecule has 2 fully saturated rings. The van der Waals surface area contributed by atoms with Crippen molar-refractivity contribution in [1.82, 2.24) is 10.2 Å². The highest BCUT2D eigenvalue weighted by Gasteiger charge is 2.39. The lowest BCUT2D eigenvalue weighted by molar-refractivity contribution is -0.152. The number of hydrogen-bond donors (Lipinski definition) is 1. The highest BCUT2D eigenvalue weighted by atomic mass is 16.5. The van der Waals surface area contributed by atoms with Crippen LogP contribution in [0.3, 0.4) is 0 Å². The zero-order valence-electron chi connectivity index (χ0n) is 17.5. The molecule has 6 heteroatoms. The number of carbonyl (C=O) groups excluding carboxylic acids is 3. The Morgan fingerprint density at radius 2 is 1.55 bits per heavy atom. The molecule has 0 spiro atoms. The second kappa shape index (κ2) is 9.77. The fourth-order valence-electron chi connectivity index (χ4n) is 4.57. The van der Waals surface area contributed by atoms with E-state index in [9.17, 15) is 14.4 Å². The summed E-state index contributed by atoms with van der Waals surface area (Å²) in [6.45, 7) is 0.0454. The van der Waals surface area contributed by atoms with Gasteiger partial charge in [-0.15, -0.1) is 0 Å². The average Bonchev–Trinajstić information content (AvgIpc) is 3.46. The summed E-state index contributed by atoms with van der Waals surface area (Å²) in [5, 5.41) is 2.96. The second-order valence-corrected chi connectivity index (χ2v) is 8.32. The largest absolute Gasteiger partial charge is 0.455 e. The van der Waals surface area contributed by atoms with Crippen LogP contribution in [0.2, 0.25) is 0 Å². The minimum absolute atomic E-state index is 0.0199. The molecule has 2 aromatic carbocycles. The van der Waals surface area contributed by atoms with E-state index >= 15 is 0 Å². The van der Waals surface area contributed by atoms with Crippen molar-refractivity contribution in [2.75, 3.05) is 13.2 Å². The van der Waals surface area contributed by atoms with E-state index in [4.69, 9.17) is 4.74 Å². The fourth-order valence-corrected chi connectivity index (χ4v) is 4.57. The summed E-state index contributed by atoms with van der Waals surface area (Å²) in [6.07, 6.45) is 4.46. The first kappa shape index (κ1) is 21.1. The van der Waals surface area contributed by atoms with Gasteiger partial charge in [-0.05, 0) is 24.0 Å². The topological polar surface area (TPSA) is 75.7 Å². The van der Waals surface area contributed by atoms with Crippen molar-refractivity contribution in [1.29, 1.82) is 0 Å². The summed E-state index contributed by atoms with van der Waals surface area (Å²) in [7, 11) is 0. The number of amides is 2. The molecule has 2 amide bonds. The number of hydrogen-bond acceptors (Lipinski definition) is 4. The van der Waals surface area contributed by atoms with Crippen LogP contribution in [-0.2, 0) is 19.1 Å². The lowest BCUT2D eigenvalue weighted by Crippen LogP contribution is -2.36. The predicted molar refractivity (Wildman–Crippen MR) is 116 cm³/mol. The summed E-state index contributed by atoms with van der Waals surface area (Å²) in [6, 6.07) is 19.3. The van der Waals surface area contributed by atoms with Crippen molar-refractivity contribution < 1.29 is 19.1 Å². The third kappa shape index (κ3) is 5.13. The van der Waals surface area contributed by atoms with Crippen molar-refractivity contribution in [2.24, 2.45) is 5.92 Å². The molecule has 0 unspecified atom stereocenters. The molecule has 1 aliphatic heterocycles. The number of nitrogens with zero attached hydrogens (tertiary/aromatic N) is 1. The van der Waals surface area contributed by atoms with Gasteiger partial charge >= 0.3 is 5.97 Å². The van der Waals surface area contributed by atoms with Crippen LogP contribution >= 0.6 is 0 Å². The van der Waals surface area contributed by atoms with Crippen LogP contribution in [-0.4, -0.2) is 41.9 Å². The van der Waals surface area contributed by atoms with Crippen LogP contribution in [0.1, 0.15) is 49.3 Å². The van der Waals surface area contributed by atoms with Gasteiger partial charge in [0.25, 0.3) is 5.91 Å². The Bertz CT molecular complexity index is 870. The number of likely N-dealkylation sites (tertiary alicyclic amines) is 1. The number of ether oxygens (including phenoxy) is 1. The minimum Gasteiger partial charge on any atom is -0.455 e. The van der Waals surface area contributed by atoms with Crippen LogP contribution in [0.5, 0.6) is 0 Å². The van der Waals surface area contributed by atoms with Gasteiger partial charge in [0.1, 0.15) is 0 Å². The normalized spacial score (nSPS) is 19.1. The van der Waals surface area contributed by atoms with Gasteiger partial charge in [0.15, 0.2) is 6.61 Å². The summed E-state index contributed by atoms with van der Waals surface area (Å²) in [5.41, 5.74) is 1.89. The summed E-state index contributed by atoms with van der Waals surface area (Å²) in [5.74, 6) is -1.31. The third-order valence-corrected chi connectivity index (χ3v) is 6.17. The van der Waals surface area contributed by atoms with Gasteiger partial charge in [-0.1, -0.05) is 73.5 Å². The van der Waals surface area contributed by atoms with Crippen molar-refractivity contribution in [3.8, 4) is 0 Å². The molecular formula is C25H28N2O4. The molecule has 1 heterocycles. The third-order valence-electron chi connectivity index (χ3n) is 6.17. The van der Waals surface area contributed by atoms with Crippen molar-refractivity contribution in [3.63, 3.8) is 0 Å². The van der Waals surface area contributed by atoms with E-state index in [1.165, 1.54) is 0 Å². The van der Waals surface area contributed by atoms with Crippen LogP contribution < -0.4 is 5.32 Å². The van der Waals surface area contributed by atoms with Gasteiger partial charge in [0, 0.05) is 19.0 Å². The van der Waals surface area contributed by atoms with E-state index in [-0.39, 0.29) is 36.9 Å². The molecular weight excluding hydrogens is 392 g/mol. The van der Waals surface area contributed by atoms with Crippen LogP contribution in [0, 0.1) is 5.92 Å². The molecule has 4 rings (SSSR count). The quantitative estimate of drug-likeness (QED) is 0.698. The number of esters is 1. The number of nitrogens with one attached hydrogen (secondary N) is 1. The maximum atomic E-state index is 12.6. The first-order chi connectivity index (χ1) is 15.1. The van der Waals surface area contributed by atoms with E-state index < -0.39 is 11.9 Å². The monoisotopic (exact) mass is 420 g/mol. The van der Waals surface area contributed by atoms with E-state index in [2.05, 4.69) is 5.32 Å². The first-order valence-electron chi connectivity index (χ1n) is 11.0. The lowest BCUT2D eigenvalue weighted by atomic mass is 9.99. The molecule has 1 saturated heterocycles. The predicted octanol–water partition coefficient (Wildman–Crippen LogP) is 3.23. The minimum atomic E-state index is -0.486. The maximum absolute atomic E-state index is 12.6. The van der Waals surface area contributed by atoms with E-state index in [0.717, 1.165) is 36.8 Å². The smallest absolute Gasteiger partial charge is 0.311 e. The van der Waals surface area contributed by atoms with Crippen molar-refractivity contribution >= 4 is 17.8 Å². The molecule has 2 aromatic rings. The number of rotatable bonds is 7. The molecule has 162 valence electrons. The standard InChI is InChI=1S/C25H28N2O4/c28-22(26-24(18-9-3-1-4-10-18)19-11-5-2-6-12-19)17-31-25(30)20-15-23(29)27(16-20)21-13-7-8-14-21/h1-6,9-12,20-21,24H,7-8,13-17H2,(H,26,28)/t20-/m1/s1. The molecule has 1 atom stereocenters. The molecule has 6 nitrogen and oxygen atoms in total. The molecule has 0 radical (unpaired) electrons. The van der Waals surface area contributed by atoms with Crippen LogP contribution in [0.25, 0.3) is 0 Å². The summed E-state index contributed by atoms with van der Waals surface area (Å²) < 4.78 is 5.29. The Morgan fingerprint density at radius 1 is 0.968 bits per heavy atom. The van der Waals surface area contributed by atoms with E-state index in [1.807, 2.05) is 65.6 Å². The number of carbonyl (C=O) groups is 3. The Balaban J connectivity index is 1.33. The summed E-state index contributed by atoms with van der Waals surface area (Å²) in [4.78, 5) is 39.2. The van der Waals surface area contributed by atoms with Crippen LogP contribution in [0.15, 0.2) is 60.7 Å². The SMILES string of the molecule is O=C(COC(=O)[C@@H]1CC(=O)N(C2CCCC2)C1)NC(c1ccccc1)c1ccccc1. The molecule has 1 saturated carbocycles. The van der Waals surface area contributed by atoms with Gasteiger partial charge in [-0.2, -0.15) is 0 Å². The zero-order chi connectivity index (χ0) is 21.6. The maximum Gasteiger partial charge on any atom is 0.311 e.